The number of carboxylic acids is 1. The number of amides is 1. The van der Waals surface area contributed by atoms with Crippen LogP contribution >= 0.6 is 0 Å². The van der Waals surface area contributed by atoms with Crippen LogP contribution in [-0.4, -0.2) is 29.3 Å². The maximum atomic E-state index is 11.5. The van der Waals surface area contributed by atoms with Gasteiger partial charge < -0.3 is 15.2 Å². The Morgan fingerprint density at radius 3 is 2.53 bits per heavy atom. The number of nitrogens with one attached hydrogen (secondary N) is 1. The third-order valence-electron chi connectivity index (χ3n) is 3.21. The van der Waals surface area contributed by atoms with Gasteiger partial charge in [-0.3, -0.25) is 4.79 Å². The van der Waals surface area contributed by atoms with E-state index in [1.807, 2.05) is 26.8 Å². The summed E-state index contributed by atoms with van der Waals surface area (Å²) >= 11 is 0. The number of aliphatic carboxylic acids is 1. The summed E-state index contributed by atoms with van der Waals surface area (Å²) in [6.45, 7) is 7.61. The Bertz CT molecular complexity index is 395. The Balaban J connectivity index is 2.43. The number of carboxylic acid groups (broad SMARTS) is 1. The minimum Gasteiger partial charge on any atom is -0.481 e. The van der Waals surface area contributed by atoms with Crippen LogP contribution in [0.2, 0.25) is 0 Å². The molecule has 5 heteroatoms. The molecule has 0 saturated heterocycles. The molecule has 0 fully saturated rings. The smallest absolute Gasteiger partial charge is 0.407 e. The van der Waals surface area contributed by atoms with Crippen LogP contribution in [0.25, 0.3) is 0 Å². The van der Waals surface area contributed by atoms with Gasteiger partial charge in [-0.05, 0) is 47.0 Å². The lowest BCUT2D eigenvalue weighted by molar-refractivity contribution is -0.148. The Hall–Kier alpha value is -1.52. The number of ether oxygens (including phenoxy) is 1. The molecule has 1 unspecified atom stereocenters. The monoisotopic (exact) mass is 269 g/mol. The summed E-state index contributed by atoms with van der Waals surface area (Å²) in [5.74, 6) is -0.761. The van der Waals surface area contributed by atoms with E-state index in [0.717, 1.165) is 5.57 Å². The molecule has 0 aromatic heterocycles. The maximum absolute atomic E-state index is 11.5. The molecule has 5 nitrogen and oxygen atoms in total. The molecule has 1 rings (SSSR count). The SMILES string of the molecule is CC(C)(C)OC(=O)NCC1=CCC(C)(C(=O)O)CC1. The van der Waals surface area contributed by atoms with Gasteiger partial charge in [-0.2, -0.15) is 0 Å². The average Bonchev–Trinajstić information content (AvgIpc) is 2.26. The summed E-state index contributed by atoms with van der Waals surface area (Å²) < 4.78 is 5.14. The Morgan fingerprint density at radius 1 is 1.47 bits per heavy atom. The van der Waals surface area contributed by atoms with E-state index in [4.69, 9.17) is 9.84 Å². The highest BCUT2D eigenvalue weighted by molar-refractivity contribution is 5.74. The quantitative estimate of drug-likeness (QED) is 0.772. The number of rotatable bonds is 3. The molecule has 0 aliphatic heterocycles. The van der Waals surface area contributed by atoms with Crippen molar-refractivity contribution in [2.45, 2.75) is 52.6 Å². The minimum atomic E-state index is -0.761. The van der Waals surface area contributed by atoms with Crippen molar-refractivity contribution in [3.05, 3.63) is 11.6 Å². The van der Waals surface area contributed by atoms with E-state index in [2.05, 4.69) is 5.32 Å². The van der Waals surface area contributed by atoms with E-state index >= 15 is 0 Å². The van der Waals surface area contributed by atoms with Crippen molar-refractivity contribution in [3.8, 4) is 0 Å². The second-order valence-electron chi connectivity index (χ2n) is 6.29. The van der Waals surface area contributed by atoms with Gasteiger partial charge >= 0.3 is 12.1 Å². The number of carbonyl (C=O) groups is 2. The van der Waals surface area contributed by atoms with E-state index in [1.165, 1.54) is 0 Å². The number of hydrogen-bond donors (Lipinski definition) is 2. The van der Waals surface area contributed by atoms with Gasteiger partial charge in [0.2, 0.25) is 0 Å². The molecule has 0 aromatic carbocycles. The zero-order valence-corrected chi connectivity index (χ0v) is 12.1. The fourth-order valence-corrected chi connectivity index (χ4v) is 1.86. The van der Waals surface area contributed by atoms with E-state index in [9.17, 15) is 9.59 Å². The average molecular weight is 269 g/mol. The van der Waals surface area contributed by atoms with Crippen LogP contribution in [0.3, 0.4) is 0 Å². The molecular weight excluding hydrogens is 246 g/mol. The van der Waals surface area contributed by atoms with Crippen LogP contribution in [0, 0.1) is 5.41 Å². The van der Waals surface area contributed by atoms with Gasteiger partial charge in [-0.25, -0.2) is 4.79 Å². The second kappa shape index (κ2) is 5.63. The van der Waals surface area contributed by atoms with Gasteiger partial charge in [0.1, 0.15) is 5.60 Å². The second-order valence-corrected chi connectivity index (χ2v) is 6.29. The summed E-state index contributed by atoms with van der Waals surface area (Å²) in [6, 6.07) is 0. The van der Waals surface area contributed by atoms with E-state index in [0.29, 0.717) is 25.8 Å². The Morgan fingerprint density at radius 2 is 2.11 bits per heavy atom. The fourth-order valence-electron chi connectivity index (χ4n) is 1.86. The van der Waals surface area contributed by atoms with E-state index < -0.39 is 23.1 Å². The lowest BCUT2D eigenvalue weighted by atomic mass is 9.76. The highest BCUT2D eigenvalue weighted by Crippen LogP contribution is 2.34. The molecule has 108 valence electrons. The largest absolute Gasteiger partial charge is 0.481 e. The molecule has 19 heavy (non-hydrogen) atoms. The number of hydrogen-bond acceptors (Lipinski definition) is 3. The van der Waals surface area contributed by atoms with Crippen molar-refractivity contribution in [1.82, 2.24) is 5.32 Å². The predicted octanol–water partition coefficient (Wildman–Crippen LogP) is 2.71. The van der Waals surface area contributed by atoms with Gasteiger partial charge in [-0.1, -0.05) is 11.6 Å². The molecule has 0 saturated carbocycles. The molecule has 0 aromatic rings. The van der Waals surface area contributed by atoms with Crippen LogP contribution in [0.15, 0.2) is 11.6 Å². The zero-order chi connectivity index (χ0) is 14.7. The Labute approximate surface area is 114 Å². The molecular formula is C14H23NO4. The molecule has 1 amide bonds. The lowest BCUT2D eigenvalue weighted by Gasteiger charge is -2.28. The number of allylic oxidation sites excluding steroid dienone is 1. The maximum Gasteiger partial charge on any atom is 0.407 e. The fraction of sp³-hybridized carbons (Fsp3) is 0.714. The highest BCUT2D eigenvalue weighted by Gasteiger charge is 2.34. The van der Waals surface area contributed by atoms with Crippen LogP contribution in [0.5, 0.6) is 0 Å². The van der Waals surface area contributed by atoms with E-state index in [1.54, 1.807) is 6.92 Å². The van der Waals surface area contributed by atoms with Crippen LogP contribution in [0.1, 0.15) is 47.0 Å². The summed E-state index contributed by atoms with van der Waals surface area (Å²) in [4.78, 5) is 22.6. The standard InChI is InChI=1S/C14H23NO4/c1-13(2,3)19-12(18)15-9-10-5-7-14(4,8-6-10)11(16)17/h5H,6-9H2,1-4H3,(H,15,18)(H,16,17). The van der Waals surface area contributed by atoms with Crippen molar-refractivity contribution >= 4 is 12.1 Å². The van der Waals surface area contributed by atoms with Crippen LogP contribution in [-0.2, 0) is 9.53 Å². The Kier molecular flexibility index (Phi) is 4.61. The zero-order valence-electron chi connectivity index (χ0n) is 12.1. The molecule has 1 aliphatic rings. The molecule has 1 atom stereocenters. The third kappa shape index (κ3) is 4.93. The van der Waals surface area contributed by atoms with E-state index in [-0.39, 0.29) is 0 Å². The molecule has 2 N–H and O–H groups in total. The number of carbonyl (C=O) groups excluding carboxylic acids is 1. The molecule has 1 aliphatic carbocycles. The molecule has 0 bridgehead atoms. The molecule has 0 radical (unpaired) electrons. The van der Waals surface area contributed by atoms with Crippen molar-refractivity contribution in [1.29, 1.82) is 0 Å². The van der Waals surface area contributed by atoms with Crippen molar-refractivity contribution < 1.29 is 19.4 Å². The van der Waals surface area contributed by atoms with Crippen molar-refractivity contribution in [3.63, 3.8) is 0 Å². The van der Waals surface area contributed by atoms with Crippen molar-refractivity contribution in [2.75, 3.05) is 6.54 Å². The first-order valence-electron chi connectivity index (χ1n) is 6.50. The first-order valence-corrected chi connectivity index (χ1v) is 6.50. The molecule has 0 spiro atoms. The van der Waals surface area contributed by atoms with Crippen molar-refractivity contribution in [2.24, 2.45) is 5.41 Å². The van der Waals surface area contributed by atoms with Gasteiger partial charge in [0.05, 0.1) is 5.41 Å². The first kappa shape index (κ1) is 15.5. The normalized spacial score (nSPS) is 23.5. The summed E-state index contributed by atoms with van der Waals surface area (Å²) in [7, 11) is 0. The summed E-state index contributed by atoms with van der Waals surface area (Å²) in [5, 5.41) is 11.8. The first-order chi connectivity index (χ1) is 8.62. The van der Waals surface area contributed by atoms with Gasteiger partial charge in [0.25, 0.3) is 0 Å². The van der Waals surface area contributed by atoms with Gasteiger partial charge in [-0.15, -0.1) is 0 Å². The number of alkyl carbamates (subject to hydrolysis) is 1. The third-order valence-corrected chi connectivity index (χ3v) is 3.21. The lowest BCUT2D eigenvalue weighted by Crippen LogP contribution is -2.35. The molecule has 0 heterocycles. The van der Waals surface area contributed by atoms with Gasteiger partial charge in [0.15, 0.2) is 0 Å². The van der Waals surface area contributed by atoms with Gasteiger partial charge in [0, 0.05) is 6.54 Å². The highest BCUT2D eigenvalue weighted by atomic mass is 16.6. The van der Waals surface area contributed by atoms with Crippen LogP contribution in [0.4, 0.5) is 4.79 Å². The summed E-state index contributed by atoms with van der Waals surface area (Å²) in [5.41, 5.74) is -0.118. The minimum absolute atomic E-state index is 0.421. The summed E-state index contributed by atoms with van der Waals surface area (Å²) in [6.07, 6.45) is 3.27. The predicted molar refractivity (Wildman–Crippen MR) is 71.9 cm³/mol. The van der Waals surface area contributed by atoms with Crippen LogP contribution < -0.4 is 5.32 Å². The topological polar surface area (TPSA) is 75.6 Å².